The Kier molecular flexibility index (Phi) is 6.74. The average molecular weight is 409 g/mol. The smallest absolute Gasteiger partial charge is 0.239 e. The Bertz CT molecular complexity index is 1010. The van der Waals surface area contributed by atoms with Gasteiger partial charge >= 0.3 is 0 Å². The normalized spacial score (nSPS) is 10.9. The summed E-state index contributed by atoms with van der Waals surface area (Å²) in [7, 11) is 5.14. The lowest BCUT2D eigenvalue weighted by molar-refractivity contribution is -0.117. The second-order valence-corrected chi connectivity index (χ2v) is 7.32. The fourth-order valence-corrected chi connectivity index (χ4v) is 3.23. The highest BCUT2D eigenvalue weighted by atomic mass is 16.5. The SMILES string of the molecule is COc1ccc(CN(C)CC(=O)Nc2cc(C)nn2-c2ccc(C)cc2)c(OC)c1. The molecule has 1 aromatic heterocycles. The molecular weight excluding hydrogens is 380 g/mol. The van der Waals surface area contributed by atoms with Crippen molar-refractivity contribution in [3.8, 4) is 17.2 Å². The predicted octanol–water partition coefficient (Wildman–Crippen LogP) is 3.58. The molecule has 2 aromatic carbocycles. The van der Waals surface area contributed by atoms with E-state index < -0.39 is 0 Å². The summed E-state index contributed by atoms with van der Waals surface area (Å²) in [6.45, 7) is 4.74. The molecule has 0 saturated heterocycles. The van der Waals surface area contributed by atoms with Gasteiger partial charge in [-0.15, -0.1) is 0 Å². The summed E-state index contributed by atoms with van der Waals surface area (Å²) in [5.74, 6) is 2.00. The summed E-state index contributed by atoms with van der Waals surface area (Å²) in [5, 5.41) is 7.49. The second-order valence-electron chi connectivity index (χ2n) is 7.32. The standard InChI is InChI=1S/C23H28N4O3/c1-16-6-9-19(10-7-16)27-22(12-17(2)25-27)24-23(28)15-26(3)14-18-8-11-20(29-4)13-21(18)30-5/h6-13H,14-15H2,1-5H3,(H,24,28). The minimum atomic E-state index is -0.113. The van der Waals surface area contributed by atoms with E-state index >= 15 is 0 Å². The summed E-state index contributed by atoms with van der Waals surface area (Å²) in [4.78, 5) is 14.6. The van der Waals surface area contributed by atoms with E-state index in [4.69, 9.17) is 9.47 Å². The minimum absolute atomic E-state index is 0.113. The maximum absolute atomic E-state index is 12.7. The van der Waals surface area contributed by atoms with E-state index in [2.05, 4.69) is 10.4 Å². The van der Waals surface area contributed by atoms with Crippen LogP contribution in [0.15, 0.2) is 48.5 Å². The van der Waals surface area contributed by atoms with Crippen LogP contribution in [0.3, 0.4) is 0 Å². The molecule has 3 rings (SSSR count). The monoisotopic (exact) mass is 408 g/mol. The molecule has 0 unspecified atom stereocenters. The Morgan fingerprint density at radius 3 is 2.47 bits per heavy atom. The fourth-order valence-electron chi connectivity index (χ4n) is 3.23. The van der Waals surface area contributed by atoms with Gasteiger partial charge in [-0.05, 0) is 39.1 Å². The number of hydrogen-bond donors (Lipinski definition) is 1. The minimum Gasteiger partial charge on any atom is -0.497 e. The number of likely N-dealkylation sites (N-methyl/N-ethyl adjacent to an activating group) is 1. The molecule has 1 heterocycles. The number of ether oxygens (including phenoxy) is 2. The average Bonchev–Trinajstić information content (AvgIpc) is 3.08. The molecule has 0 bridgehead atoms. The zero-order valence-electron chi connectivity index (χ0n) is 18.1. The van der Waals surface area contributed by atoms with Crippen LogP contribution in [0.2, 0.25) is 0 Å². The van der Waals surface area contributed by atoms with E-state index in [1.54, 1.807) is 18.9 Å². The predicted molar refractivity (Wildman–Crippen MR) is 118 cm³/mol. The molecule has 0 aliphatic carbocycles. The van der Waals surface area contributed by atoms with Gasteiger partial charge in [0.2, 0.25) is 5.91 Å². The summed E-state index contributed by atoms with van der Waals surface area (Å²) < 4.78 is 12.4. The lowest BCUT2D eigenvalue weighted by Crippen LogP contribution is -2.30. The molecule has 7 nitrogen and oxygen atoms in total. The number of benzene rings is 2. The van der Waals surface area contributed by atoms with Gasteiger partial charge < -0.3 is 14.8 Å². The Hall–Kier alpha value is -3.32. The van der Waals surface area contributed by atoms with Crippen molar-refractivity contribution in [2.45, 2.75) is 20.4 Å². The molecule has 1 amide bonds. The number of nitrogens with one attached hydrogen (secondary N) is 1. The number of amides is 1. The van der Waals surface area contributed by atoms with E-state index in [0.717, 1.165) is 28.4 Å². The molecule has 0 aliphatic rings. The number of rotatable bonds is 8. The summed E-state index contributed by atoms with van der Waals surface area (Å²) in [6.07, 6.45) is 0. The summed E-state index contributed by atoms with van der Waals surface area (Å²) in [5.41, 5.74) is 3.89. The van der Waals surface area contributed by atoms with E-state index in [-0.39, 0.29) is 12.5 Å². The van der Waals surface area contributed by atoms with Crippen molar-refractivity contribution >= 4 is 11.7 Å². The Labute approximate surface area is 177 Å². The van der Waals surface area contributed by atoms with E-state index in [1.165, 1.54) is 5.56 Å². The van der Waals surface area contributed by atoms with Gasteiger partial charge in [-0.25, -0.2) is 4.68 Å². The van der Waals surface area contributed by atoms with Crippen molar-refractivity contribution < 1.29 is 14.3 Å². The van der Waals surface area contributed by atoms with Gasteiger partial charge in [-0.2, -0.15) is 5.10 Å². The van der Waals surface area contributed by atoms with Gasteiger partial charge in [0, 0.05) is 24.2 Å². The highest BCUT2D eigenvalue weighted by Gasteiger charge is 2.14. The van der Waals surface area contributed by atoms with Crippen molar-refractivity contribution in [2.24, 2.45) is 0 Å². The molecule has 0 spiro atoms. The molecule has 30 heavy (non-hydrogen) atoms. The second kappa shape index (κ2) is 9.45. The first-order chi connectivity index (χ1) is 14.4. The fraction of sp³-hybridized carbons (Fsp3) is 0.304. The van der Waals surface area contributed by atoms with Crippen LogP contribution in [0, 0.1) is 13.8 Å². The number of nitrogens with zero attached hydrogens (tertiary/aromatic N) is 3. The van der Waals surface area contributed by atoms with Crippen LogP contribution >= 0.6 is 0 Å². The molecule has 0 atom stereocenters. The third kappa shape index (κ3) is 5.18. The molecule has 0 fully saturated rings. The van der Waals surface area contributed by atoms with Crippen LogP contribution in [0.1, 0.15) is 16.8 Å². The third-order valence-electron chi connectivity index (χ3n) is 4.73. The number of carbonyl (C=O) groups excluding carboxylic acids is 1. The molecule has 1 N–H and O–H groups in total. The Morgan fingerprint density at radius 1 is 1.07 bits per heavy atom. The van der Waals surface area contributed by atoms with Crippen molar-refractivity contribution in [3.63, 3.8) is 0 Å². The number of carbonyl (C=O) groups is 1. The van der Waals surface area contributed by atoms with Crippen LogP contribution in [0.4, 0.5) is 5.82 Å². The van der Waals surface area contributed by atoms with Gasteiger partial charge in [0.15, 0.2) is 0 Å². The van der Waals surface area contributed by atoms with E-state index in [1.807, 2.05) is 74.3 Å². The van der Waals surface area contributed by atoms with Crippen LogP contribution in [0.25, 0.3) is 5.69 Å². The number of aryl methyl sites for hydroxylation is 2. The maximum Gasteiger partial charge on any atom is 0.239 e. The Balaban J connectivity index is 1.67. The first-order valence-corrected chi connectivity index (χ1v) is 9.72. The van der Waals surface area contributed by atoms with Gasteiger partial charge in [0.25, 0.3) is 0 Å². The van der Waals surface area contributed by atoms with Gasteiger partial charge in [0.1, 0.15) is 17.3 Å². The van der Waals surface area contributed by atoms with E-state index in [9.17, 15) is 4.79 Å². The van der Waals surface area contributed by atoms with Crippen LogP contribution in [-0.4, -0.2) is 48.4 Å². The highest BCUT2D eigenvalue weighted by Crippen LogP contribution is 2.25. The van der Waals surface area contributed by atoms with Gasteiger partial charge in [-0.3, -0.25) is 9.69 Å². The first-order valence-electron chi connectivity index (χ1n) is 9.72. The molecular formula is C23H28N4O3. The zero-order valence-corrected chi connectivity index (χ0v) is 18.1. The number of methoxy groups -OCH3 is 2. The molecule has 0 radical (unpaired) electrons. The quantitative estimate of drug-likeness (QED) is 0.617. The zero-order chi connectivity index (χ0) is 21.7. The van der Waals surface area contributed by atoms with Crippen LogP contribution in [0.5, 0.6) is 11.5 Å². The van der Waals surface area contributed by atoms with Crippen LogP contribution < -0.4 is 14.8 Å². The van der Waals surface area contributed by atoms with Crippen molar-refractivity contribution in [1.82, 2.24) is 14.7 Å². The molecule has 7 heteroatoms. The number of anilines is 1. The maximum atomic E-state index is 12.7. The molecule has 0 aliphatic heterocycles. The molecule has 0 saturated carbocycles. The van der Waals surface area contributed by atoms with Gasteiger partial charge in [0.05, 0.1) is 32.1 Å². The lowest BCUT2D eigenvalue weighted by atomic mass is 10.2. The molecule has 158 valence electrons. The lowest BCUT2D eigenvalue weighted by Gasteiger charge is -2.18. The van der Waals surface area contributed by atoms with Gasteiger partial charge in [-0.1, -0.05) is 23.8 Å². The largest absolute Gasteiger partial charge is 0.497 e. The number of aromatic nitrogens is 2. The number of hydrogen-bond acceptors (Lipinski definition) is 5. The van der Waals surface area contributed by atoms with Crippen molar-refractivity contribution in [2.75, 3.05) is 33.1 Å². The Morgan fingerprint density at radius 2 is 1.80 bits per heavy atom. The highest BCUT2D eigenvalue weighted by molar-refractivity contribution is 5.91. The third-order valence-corrected chi connectivity index (χ3v) is 4.73. The van der Waals surface area contributed by atoms with E-state index in [0.29, 0.717) is 12.4 Å². The summed E-state index contributed by atoms with van der Waals surface area (Å²) >= 11 is 0. The van der Waals surface area contributed by atoms with Crippen LogP contribution in [-0.2, 0) is 11.3 Å². The topological polar surface area (TPSA) is 68.6 Å². The van der Waals surface area contributed by atoms with Crippen molar-refractivity contribution in [3.05, 3.63) is 65.4 Å². The molecule has 3 aromatic rings. The van der Waals surface area contributed by atoms with Crippen molar-refractivity contribution in [1.29, 1.82) is 0 Å². The first kappa shape index (κ1) is 21.4. The summed E-state index contributed by atoms with van der Waals surface area (Å²) in [6, 6.07) is 15.5.